The summed E-state index contributed by atoms with van der Waals surface area (Å²) in [7, 11) is 0. The third-order valence-corrected chi connectivity index (χ3v) is 3.92. The van der Waals surface area contributed by atoms with Crippen LogP contribution in [0.2, 0.25) is 0 Å². The van der Waals surface area contributed by atoms with E-state index in [4.69, 9.17) is 0 Å². The van der Waals surface area contributed by atoms with Crippen LogP contribution in [0.4, 0.5) is 0 Å². The molecule has 0 atom stereocenters. The molecule has 2 aromatic rings. The van der Waals surface area contributed by atoms with Gasteiger partial charge in [0, 0.05) is 0 Å². The van der Waals surface area contributed by atoms with Gasteiger partial charge in [-0.3, -0.25) is 0 Å². The second-order valence-corrected chi connectivity index (χ2v) is 6.20. The molecule has 0 aliphatic rings. The van der Waals surface area contributed by atoms with Gasteiger partial charge in [-0.05, 0) is 41.5 Å². The Kier molecular flexibility index (Phi) is 5.86. The Hall–Kier alpha value is -1.76. The van der Waals surface area contributed by atoms with Gasteiger partial charge in [-0.25, -0.2) is 0 Å². The summed E-state index contributed by atoms with van der Waals surface area (Å²) in [6, 6.07) is 16.3. The van der Waals surface area contributed by atoms with Crippen LogP contribution < -0.4 is 0 Å². The van der Waals surface area contributed by atoms with Gasteiger partial charge in [0.05, 0.1) is 0 Å². The van der Waals surface area contributed by atoms with Crippen molar-refractivity contribution in [3.8, 4) is 16.9 Å². The SMILES string of the molecule is CC(C)CCCCCc1ccc(-c2ccccc2)cc1O. The molecule has 0 saturated carbocycles. The molecule has 0 radical (unpaired) electrons. The van der Waals surface area contributed by atoms with E-state index in [1.807, 2.05) is 24.3 Å². The maximum absolute atomic E-state index is 10.2. The predicted octanol–water partition coefficient (Wildman–Crippen LogP) is 5.82. The summed E-state index contributed by atoms with van der Waals surface area (Å²) in [5.74, 6) is 1.23. The molecule has 1 heteroatoms. The van der Waals surface area contributed by atoms with Gasteiger partial charge in [0.2, 0.25) is 0 Å². The van der Waals surface area contributed by atoms with Crippen molar-refractivity contribution >= 4 is 0 Å². The van der Waals surface area contributed by atoms with Crippen molar-refractivity contribution in [3.05, 3.63) is 54.1 Å². The van der Waals surface area contributed by atoms with Crippen molar-refractivity contribution in [2.24, 2.45) is 5.92 Å². The number of unbranched alkanes of at least 4 members (excludes halogenated alkanes) is 2. The molecule has 1 nitrogen and oxygen atoms in total. The highest BCUT2D eigenvalue weighted by Crippen LogP contribution is 2.27. The molecule has 2 aromatic carbocycles. The monoisotopic (exact) mass is 282 g/mol. The van der Waals surface area contributed by atoms with Gasteiger partial charge in [-0.1, -0.05) is 75.6 Å². The molecule has 0 aromatic heterocycles. The lowest BCUT2D eigenvalue weighted by Gasteiger charge is -2.08. The van der Waals surface area contributed by atoms with E-state index in [0.29, 0.717) is 5.75 Å². The fourth-order valence-corrected chi connectivity index (χ4v) is 2.63. The minimum Gasteiger partial charge on any atom is -0.508 e. The first-order chi connectivity index (χ1) is 10.2. The molecule has 1 N–H and O–H groups in total. The number of rotatable bonds is 7. The fraction of sp³-hybridized carbons (Fsp3) is 0.400. The first-order valence-electron chi connectivity index (χ1n) is 8.04. The summed E-state index contributed by atoms with van der Waals surface area (Å²) in [5.41, 5.74) is 3.30. The lowest BCUT2D eigenvalue weighted by Crippen LogP contribution is -1.90. The van der Waals surface area contributed by atoms with Crippen LogP contribution in [0.3, 0.4) is 0 Å². The van der Waals surface area contributed by atoms with Gasteiger partial charge in [-0.15, -0.1) is 0 Å². The number of hydrogen-bond acceptors (Lipinski definition) is 1. The normalized spacial score (nSPS) is 11.0. The molecule has 0 aliphatic carbocycles. The zero-order valence-electron chi connectivity index (χ0n) is 13.2. The summed E-state index contributed by atoms with van der Waals surface area (Å²) in [4.78, 5) is 0. The van der Waals surface area contributed by atoms with E-state index >= 15 is 0 Å². The van der Waals surface area contributed by atoms with Crippen molar-refractivity contribution in [2.75, 3.05) is 0 Å². The van der Waals surface area contributed by atoms with Crippen LogP contribution in [0, 0.1) is 5.92 Å². The Morgan fingerprint density at radius 2 is 1.62 bits per heavy atom. The largest absolute Gasteiger partial charge is 0.508 e. The number of phenolic OH excluding ortho intramolecular Hbond substituents is 1. The van der Waals surface area contributed by atoms with E-state index in [-0.39, 0.29) is 0 Å². The molecular formula is C20H26O. The molecule has 0 heterocycles. The number of aryl methyl sites for hydroxylation is 1. The predicted molar refractivity (Wildman–Crippen MR) is 90.6 cm³/mol. The maximum atomic E-state index is 10.2. The Morgan fingerprint density at radius 3 is 2.29 bits per heavy atom. The fourth-order valence-electron chi connectivity index (χ4n) is 2.63. The smallest absolute Gasteiger partial charge is 0.119 e. The summed E-state index contributed by atoms with van der Waals surface area (Å²) in [6.07, 6.45) is 5.97. The van der Waals surface area contributed by atoms with Crippen LogP contribution in [0.25, 0.3) is 11.1 Å². The molecule has 0 amide bonds. The maximum Gasteiger partial charge on any atom is 0.119 e. The van der Waals surface area contributed by atoms with Crippen molar-refractivity contribution in [2.45, 2.75) is 46.0 Å². The van der Waals surface area contributed by atoms with Gasteiger partial charge in [0.25, 0.3) is 0 Å². The molecule has 0 spiro atoms. The van der Waals surface area contributed by atoms with Gasteiger partial charge >= 0.3 is 0 Å². The van der Waals surface area contributed by atoms with Crippen molar-refractivity contribution in [3.63, 3.8) is 0 Å². The summed E-state index contributed by atoms with van der Waals surface area (Å²) >= 11 is 0. The Labute approximate surface area is 128 Å². The van der Waals surface area contributed by atoms with E-state index in [0.717, 1.165) is 35.4 Å². The van der Waals surface area contributed by atoms with E-state index in [1.165, 1.54) is 19.3 Å². The Morgan fingerprint density at radius 1 is 0.857 bits per heavy atom. The zero-order valence-corrected chi connectivity index (χ0v) is 13.2. The first kappa shape index (κ1) is 15.6. The minimum atomic E-state index is 0.431. The number of hydrogen-bond donors (Lipinski definition) is 1. The molecule has 0 unspecified atom stereocenters. The van der Waals surface area contributed by atoms with Crippen LogP contribution in [-0.2, 0) is 6.42 Å². The summed E-state index contributed by atoms with van der Waals surface area (Å²) in [6.45, 7) is 4.54. The van der Waals surface area contributed by atoms with Gasteiger partial charge in [-0.2, -0.15) is 0 Å². The second-order valence-electron chi connectivity index (χ2n) is 6.20. The number of benzene rings is 2. The van der Waals surface area contributed by atoms with Crippen molar-refractivity contribution in [1.82, 2.24) is 0 Å². The molecule has 0 fully saturated rings. The summed E-state index contributed by atoms with van der Waals surface area (Å²) in [5, 5.41) is 10.2. The third kappa shape index (κ3) is 4.93. The van der Waals surface area contributed by atoms with Gasteiger partial charge in [0.1, 0.15) is 5.75 Å². The number of phenols is 1. The highest BCUT2D eigenvalue weighted by Gasteiger charge is 2.04. The average molecular weight is 282 g/mol. The van der Waals surface area contributed by atoms with Crippen LogP contribution in [0.5, 0.6) is 5.75 Å². The van der Waals surface area contributed by atoms with Crippen LogP contribution in [-0.4, -0.2) is 5.11 Å². The molecule has 0 aliphatic heterocycles. The third-order valence-electron chi connectivity index (χ3n) is 3.92. The van der Waals surface area contributed by atoms with Crippen molar-refractivity contribution < 1.29 is 5.11 Å². The molecular weight excluding hydrogens is 256 g/mol. The number of aromatic hydroxyl groups is 1. The molecule has 2 rings (SSSR count). The van der Waals surface area contributed by atoms with Gasteiger partial charge in [0.15, 0.2) is 0 Å². The Balaban J connectivity index is 1.91. The highest BCUT2D eigenvalue weighted by atomic mass is 16.3. The van der Waals surface area contributed by atoms with Gasteiger partial charge < -0.3 is 5.11 Å². The highest BCUT2D eigenvalue weighted by molar-refractivity contribution is 5.65. The molecule has 21 heavy (non-hydrogen) atoms. The standard InChI is InChI=1S/C20H26O/c1-16(2)9-5-3-8-12-18-13-14-19(15-20(18)21)17-10-6-4-7-11-17/h4,6-7,10-11,13-16,21H,3,5,8-9,12H2,1-2H3. The van der Waals surface area contributed by atoms with E-state index < -0.39 is 0 Å². The first-order valence-corrected chi connectivity index (χ1v) is 8.04. The average Bonchev–Trinajstić information content (AvgIpc) is 2.49. The topological polar surface area (TPSA) is 20.2 Å². The van der Waals surface area contributed by atoms with E-state index in [9.17, 15) is 5.11 Å². The summed E-state index contributed by atoms with van der Waals surface area (Å²) < 4.78 is 0. The zero-order chi connectivity index (χ0) is 15.1. The Bertz CT molecular complexity index is 543. The molecule has 112 valence electrons. The minimum absolute atomic E-state index is 0.431. The second kappa shape index (κ2) is 7.87. The quantitative estimate of drug-likeness (QED) is 0.634. The van der Waals surface area contributed by atoms with Crippen LogP contribution in [0.1, 0.15) is 45.1 Å². The van der Waals surface area contributed by atoms with Crippen LogP contribution in [0.15, 0.2) is 48.5 Å². The lowest BCUT2D eigenvalue weighted by molar-refractivity contribution is 0.465. The molecule has 0 saturated heterocycles. The van der Waals surface area contributed by atoms with Crippen molar-refractivity contribution in [1.29, 1.82) is 0 Å². The lowest BCUT2D eigenvalue weighted by atomic mass is 9.99. The van der Waals surface area contributed by atoms with E-state index in [2.05, 4.69) is 38.1 Å². The molecule has 0 bridgehead atoms. The van der Waals surface area contributed by atoms with E-state index in [1.54, 1.807) is 0 Å². The van der Waals surface area contributed by atoms with Crippen LogP contribution >= 0.6 is 0 Å².